The molecule has 0 bridgehead atoms. The Morgan fingerprint density at radius 2 is 2.07 bits per heavy atom. The van der Waals surface area contributed by atoms with Gasteiger partial charge in [-0.2, -0.15) is 0 Å². The van der Waals surface area contributed by atoms with Gasteiger partial charge in [-0.25, -0.2) is 0 Å². The molecule has 6 nitrogen and oxygen atoms in total. The zero-order valence-electron chi connectivity index (χ0n) is 7.52. The van der Waals surface area contributed by atoms with Crippen LogP contribution in [0.15, 0.2) is 18.2 Å². The van der Waals surface area contributed by atoms with E-state index in [1.165, 1.54) is 18.2 Å². The summed E-state index contributed by atoms with van der Waals surface area (Å²) in [7, 11) is 0. The van der Waals surface area contributed by atoms with Crippen LogP contribution < -0.4 is 5.32 Å². The molecule has 0 spiro atoms. The van der Waals surface area contributed by atoms with Crippen LogP contribution >= 0.6 is 0 Å². The Hall–Kier alpha value is -2.24. The number of carbonyl (C=O) groups is 2. The average molecular weight is 206 g/mol. The zero-order valence-corrected chi connectivity index (χ0v) is 7.52. The number of benzene rings is 1. The molecule has 6 heteroatoms. The summed E-state index contributed by atoms with van der Waals surface area (Å²) in [6, 6.07) is 4.17. The van der Waals surface area contributed by atoms with E-state index in [2.05, 4.69) is 5.32 Å². The second-order valence-corrected chi connectivity index (χ2v) is 3.11. The quantitative estimate of drug-likeness (QED) is 0.409. The third-order valence-corrected chi connectivity index (χ3v) is 2.18. The van der Waals surface area contributed by atoms with Crippen molar-refractivity contribution in [1.82, 2.24) is 5.32 Å². The van der Waals surface area contributed by atoms with Gasteiger partial charge in [-0.05, 0) is 6.07 Å². The number of hydrogen-bond acceptors (Lipinski definition) is 4. The predicted octanol–water partition coefficient (Wildman–Crippen LogP) is 0.407. The Bertz CT molecular complexity index is 467. The number of amides is 2. The van der Waals surface area contributed by atoms with E-state index in [1.54, 1.807) is 0 Å². The number of fused-ring (bicyclic) bond motifs is 1. The Labute approximate surface area is 84.0 Å². The molecule has 2 rings (SSSR count). The van der Waals surface area contributed by atoms with Crippen LogP contribution in [-0.2, 0) is 11.2 Å². The van der Waals surface area contributed by atoms with Gasteiger partial charge in [-0.1, -0.05) is 6.07 Å². The molecule has 15 heavy (non-hydrogen) atoms. The topological polar surface area (TPSA) is 89.3 Å². The highest BCUT2D eigenvalue weighted by atomic mass is 16.6. The Kier molecular flexibility index (Phi) is 1.96. The van der Waals surface area contributed by atoms with Crippen LogP contribution in [-0.4, -0.2) is 16.7 Å². The van der Waals surface area contributed by atoms with Gasteiger partial charge in [0.25, 0.3) is 11.6 Å². The molecule has 1 N–H and O–H groups in total. The summed E-state index contributed by atoms with van der Waals surface area (Å²) in [5.74, 6) is -1.09. The van der Waals surface area contributed by atoms with Gasteiger partial charge in [0.15, 0.2) is 0 Å². The Morgan fingerprint density at radius 3 is 2.73 bits per heavy atom. The van der Waals surface area contributed by atoms with Gasteiger partial charge in [0.05, 0.1) is 22.5 Å². The van der Waals surface area contributed by atoms with Crippen LogP contribution in [0.5, 0.6) is 0 Å². The van der Waals surface area contributed by atoms with E-state index in [4.69, 9.17) is 0 Å². The number of nitro groups is 1. The fourth-order valence-electron chi connectivity index (χ4n) is 1.54. The van der Waals surface area contributed by atoms with Gasteiger partial charge in [0, 0.05) is 6.07 Å². The molecule has 1 aromatic carbocycles. The maximum absolute atomic E-state index is 11.3. The smallest absolute Gasteiger partial charge is 0.273 e. The number of nitro benzene ring substituents is 1. The fourth-order valence-corrected chi connectivity index (χ4v) is 1.54. The van der Waals surface area contributed by atoms with Crippen molar-refractivity contribution in [2.45, 2.75) is 6.42 Å². The lowest BCUT2D eigenvalue weighted by Gasteiger charge is -2.14. The molecule has 1 aliphatic rings. The standard InChI is InChI=1S/C9H6N2O4/c12-8-4-6-5(9(13)10-8)2-1-3-7(6)11(14)15/h1-3H,4H2,(H,10,12,13). The van der Waals surface area contributed by atoms with Crippen LogP contribution in [0, 0.1) is 10.1 Å². The Balaban J connectivity index is 2.64. The summed E-state index contributed by atoms with van der Waals surface area (Å²) < 4.78 is 0. The molecule has 1 heterocycles. The largest absolute Gasteiger partial charge is 0.292 e. The highest BCUT2D eigenvalue weighted by molar-refractivity contribution is 6.10. The molecule has 76 valence electrons. The minimum absolute atomic E-state index is 0.127. The van der Waals surface area contributed by atoms with Crippen molar-refractivity contribution < 1.29 is 14.5 Å². The summed E-state index contributed by atoms with van der Waals surface area (Å²) in [6.45, 7) is 0. The van der Waals surface area contributed by atoms with E-state index in [-0.39, 0.29) is 23.2 Å². The van der Waals surface area contributed by atoms with Crippen LogP contribution in [0.1, 0.15) is 15.9 Å². The van der Waals surface area contributed by atoms with Crippen molar-refractivity contribution in [3.63, 3.8) is 0 Å². The molecule has 0 aromatic heterocycles. The zero-order chi connectivity index (χ0) is 11.0. The molecule has 0 atom stereocenters. The molecule has 1 aromatic rings. The molecule has 0 saturated carbocycles. The first-order valence-corrected chi connectivity index (χ1v) is 4.20. The van der Waals surface area contributed by atoms with E-state index in [0.29, 0.717) is 0 Å². The van der Waals surface area contributed by atoms with Gasteiger partial charge in [0.2, 0.25) is 5.91 Å². The number of nitrogens with zero attached hydrogens (tertiary/aromatic N) is 1. The molecule has 0 radical (unpaired) electrons. The van der Waals surface area contributed by atoms with E-state index in [1.807, 2.05) is 0 Å². The normalized spacial score (nSPS) is 14.4. The number of imide groups is 1. The monoisotopic (exact) mass is 206 g/mol. The van der Waals surface area contributed by atoms with Gasteiger partial charge in [-0.15, -0.1) is 0 Å². The SMILES string of the molecule is O=C1Cc2c(cccc2[N+](=O)[O-])C(=O)N1. The summed E-state index contributed by atoms with van der Waals surface area (Å²) in [5.41, 5.74) is 0.204. The molecule has 0 saturated heterocycles. The van der Waals surface area contributed by atoms with Crippen molar-refractivity contribution in [3.8, 4) is 0 Å². The second kappa shape index (κ2) is 3.16. The van der Waals surface area contributed by atoms with Crippen LogP contribution in [0.4, 0.5) is 5.69 Å². The first-order chi connectivity index (χ1) is 7.09. The molecule has 2 amide bonds. The highest BCUT2D eigenvalue weighted by Gasteiger charge is 2.28. The van der Waals surface area contributed by atoms with Crippen molar-refractivity contribution in [2.75, 3.05) is 0 Å². The van der Waals surface area contributed by atoms with Crippen LogP contribution in [0.25, 0.3) is 0 Å². The Morgan fingerprint density at radius 1 is 1.33 bits per heavy atom. The fraction of sp³-hybridized carbons (Fsp3) is 0.111. The first kappa shape index (κ1) is 9.32. The minimum atomic E-state index is -0.593. The van der Waals surface area contributed by atoms with Gasteiger partial charge in [-0.3, -0.25) is 25.0 Å². The third kappa shape index (κ3) is 1.45. The maximum Gasteiger partial charge on any atom is 0.273 e. The molecule has 0 unspecified atom stereocenters. The number of nitrogens with one attached hydrogen (secondary N) is 1. The second-order valence-electron chi connectivity index (χ2n) is 3.11. The van der Waals surface area contributed by atoms with E-state index >= 15 is 0 Å². The van der Waals surface area contributed by atoms with Crippen molar-refractivity contribution in [1.29, 1.82) is 0 Å². The summed E-state index contributed by atoms with van der Waals surface area (Å²) in [5, 5.41) is 12.7. The van der Waals surface area contributed by atoms with Crippen molar-refractivity contribution >= 4 is 17.5 Å². The lowest BCUT2D eigenvalue weighted by molar-refractivity contribution is -0.385. The van der Waals surface area contributed by atoms with Crippen molar-refractivity contribution in [2.24, 2.45) is 0 Å². The molecule has 0 fully saturated rings. The molecular formula is C9H6N2O4. The maximum atomic E-state index is 11.3. The number of hydrogen-bond donors (Lipinski definition) is 1. The van der Waals surface area contributed by atoms with Gasteiger partial charge >= 0.3 is 0 Å². The van der Waals surface area contributed by atoms with Gasteiger partial charge < -0.3 is 0 Å². The predicted molar refractivity (Wildman–Crippen MR) is 49.3 cm³/mol. The van der Waals surface area contributed by atoms with Gasteiger partial charge in [0.1, 0.15) is 0 Å². The lowest BCUT2D eigenvalue weighted by atomic mass is 9.98. The lowest BCUT2D eigenvalue weighted by Crippen LogP contribution is -2.37. The summed E-state index contributed by atoms with van der Waals surface area (Å²) in [4.78, 5) is 32.4. The first-order valence-electron chi connectivity index (χ1n) is 4.20. The third-order valence-electron chi connectivity index (χ3n) is 2.18. The number of carbonyl (C=O) groups excluding carboxylic acids is 2. The summed E-state index contributed by atoms with van der Waals surface area (Å²) >= 11 is 0. The molecular weight excluding hydrogens is 200 g/mol. The van der Waals surface area contributed by atoms with Crippen LogP contribution in [0.3, 0.4) is 0 Å². The highest BCUT2D eigenvalue weighted by Crippen LogP contribution is 2.24. The minimum Gasteiger partial charge on any atom is -0.292 e. The van der Waals surface area contributed by atoms with E-state index < -0.39 is 16.7 Å². The van der Waals surface area contributed by atoms with Crippen molar-refractivity contribution in [3.05, 3.63) is 39.4 Å². The average Bonchev–Trinajstić information content (AvgIpc) is 2.16. The molecule has 0 aliphatic carbocycles. The summed E-state index contributed by atoms with van der Waals surface area (Å²) in [6.07, 6.45) is -0.127. The van der Waals surface area contributed by atoms with E-state index in [0.717, 1.165) is 0 Å². The molecule has 1 aliphatic heterocycles. The van der Waals surface area contributed by atoms with E-state index in [9.17, 15) is 19.7 Å². The van der Waals surface area contributed by atoms with Crippen LogP contribution in [0.2, 0.25) is 0 Å². The number of rotatable bonds is 1.